The minimum Gasteiger partial charge on any atom is -0.463 e. The summed E-state index contributed by atoms with van der Waals surface area (Å²) in [5, 5.41) is 0. The van der Waals surface area contributed by atoms with E-state index in [-0.39, 0.29) is 18.7 Å². The number of hydrogen-bond donors (Lipinski definition) is 0. The second-order valence-corrected chi connectivity index (χ2v) is 6.28. The molecule has 0 aliphatic carbocycles. The summed E-state index contributed by atoms with van der Waals surface area (Å²) in [5.74, 6) is -0.611. The Bertz CT molecular complexity index is 587. The standard InChI is InChI=1S/C20H29NO4/c1-7-14-20(18(22)24-8-2,17-12-10-9-11-13-17)25-19(23)21(15(3)4)16(5)6/h7,9-16H,8H2,1-6H3/b14-7+/t20-/m1/s1. The summed E-state index contributed by atoms with van der Waals surface area (Å²) in [6, 6.07) is 8.80. The lowest BCUT2D eigenvalue weighted by Crippen LogP contribution is -2.48. The topological polar surface area (TPSA) is 55.8 Å². The van der Waals surface area contributed by atoms with Crippen LogP contribution in [0.15, 0.2) is 42.5 Å². The Labute approximate surface area is 150 Å². The molecule has 5 heteroatoms. The molecule has 1 rings (SSSR count). The van der Waals surface area contributed by atoms with Crippen molar-refractivity contribution in [3.05, 3.63) is 48.0 Å². The normalized spacial score (nSPS) is 13.8. The average molecular weight is 347 g/mol. The predicted octanol–water partition coefficient (Wildman–Crippen LogP) is 4.28. The molecule has 0 radical (unpaired) electrons. The summed E-state index contributed by atoms with van der Waals surface area (Å²) in [6.45, 7) is 11.3. The van der Waals surface area contributed by atoms with Crippen LogP contribution in [0.25, 0.3) is 0 Å². The van der Waals surface area contributed by atoms with E-state index in [4.69, 9.17) is 9.47 Å². The average Bonchev–Trinajstić information content (AvgIpc) is 2.54. The van der Waals surface area contributed by atoms with Crippen LogP contribution >= 0.6 is 0 Å². The Balaban J connectivity index is 3.40. The smallest absolute Gasteiger partial charge is 0.412 e. The van der Waals surface area contributed by atoms with E-state index in [0.29, 0.717) is 5.56 Å². The van der Waals surface area contributed by atoms with Crippen molar-refractivity contribution in [2.45, 2.75) is 59.2 Å². The third-order valence-electron chi connectivity index (χ3n) is 3.75. The quantitative estimate of drug-likeness (QED) is 0.546. The number of amides is 1. The molecule has 1 atom stereocenters. The zero-order chi connectivity index (χ0) is 19.0. The van der Waals surface area contributed by atoms with Crippen LogP contribution in [-0.2, 0) is 19.9 Å². The molecule has 0 aliphatic rings. The predicted molar refractivity (Wildman–Crippen MR) is 98.2 cm³/mol. The highest BCUT2D eigenvalue weighted by Crippen LogP contribution is 2.31. The molecule has 0 fully saturated rings. The number of carbonyl (C=O) groups is 2. The van der Waals surface area contributed by atoms with E-state index in [2.05, 4.69) is 0 Å². The van der Waals surface area contributed by atoms with Crippen LogP contribution in [0.1, 0.15) is 47.1 Å². The molecule has 5 nitrogen and oxygen atoms in total. The number of nitrogens with zero attached hydrogens (tertiary/aromatic N) is 1. The minimum atomic E-state index is -1.61. The third kappa shape index (κ3) is 4.84. The summed E-state index contributed by atoms with van der Waals surface area (Å²) in [7, 11) is 0. The van der Waals surface area contributed by atoms with Crippen LogP contribution in [-0.4, -0.2) is 35.7 Å². The van der Waals surface area contributed by atoms with E-state index in [0.717, 1.165) is 0 Å². The van der Waals surface area contributed by atoms with Gasteiger partial charge in [-0.25, -0.2) is 9.59 Å². The van der Waals surface area contributed by atoms with Gasteiger partial charge in [0.2, 0.25) is 0 Å². The maximum Gasteiger partial charge on any atom is 0.412 e. The Morgan fingerprint density at radius 2 is 1.68 bits per heavy atom. The van der Waals surface area contributed by atoms with Gasteiger partial charge < -0.3 is 14.4 Å². The van der Waals surface area contributed by atoms with Crippen molar-refractivity contribution >= 4 is 12.1 Å². The second-order valence-electron chi connectivity index (χ2n) is 6.28. The monoisotopic (exact) mass is 347 g/mol. The van der Waals surface area contributed by atoms with Gasteiger partial charge in [0.25, 0.3) is 5.60 Å². The summed E-state index contributed by atoms with van der Waals surface area (Å²) in [4.78, 5) is 27.2. The highest BCUT2D eigenvalue weighted by molar-refractivity contribution is 5.87. The molecule has 25 heavy (non-hydrogen) atoms. The number of esters is 1. The Morgan fingerprint density at radius 3 is 2.12 bits per heavy atom. The van der Waals surface area contributed by atoms with Gasteiger partial charge in [0.05, 0.1) is 6.61 Å². The molecule has 1 aromatic rings. The van der Waals surface area contributed by atoms with Gasteiger partial charge in [0.1, 0.15) is 0 Å². The summed E-state index contributed by atoms with van der Waals surface area (Å²) >= 11 is 0. The van der Waals surface area contributed by atoms with Crippen LogP contribution in [0, 0.1) is 0 Å². The van der Waals surface area contributed by atoms with E-state index in [1.165, 1.54) is 0 Å². The molecule has 0 aromatic heterocycles. The Hall–Kier alpha value is -2.30. The van der Waals surface area contributed by atoms with Crippen LogP contribution in [0.3, 0.4) is 0 Å². The van der Waals surface area contributed by atoms with Gasteiger partial charge in [0, 0.05) is 17.6 Å². The molecule has 0 saturated carbocycles. The van der Waals surface area contributed by atoms with E-state index in [1.54, 1.807) is 55.2 Å². The summed E-state index contributed by atoms with van der Waals surface area (Å²) in [6.07, 6.45) is 2.70. The molecule has 138 valence electrons. The molecule has 0 N–H and O–H groups in total. The Kier molecular flexibility index (Phi) is 7.68. The van der Waals surface area contributed by atoms with Gasteiger partial charge in [0.15, 0.2) is 0 Å². The molecular formula is C20H29NO4. The maximum absolute atomic E-state index is 12.9. The lowest BCUT2D eigenvalue weighted by Gasteiger charge is -2.35. The minimum absolute atomic E-state index is 0.0613. The first kappa shape index (κ1) is 20.7. The van der Waals surface area contributed by atoms with Crippen LogP contribution < -0.4 is 0 Å². The second kappa shape index (κ2) is 9.25. The number of hydrogen-bond acceptors (Lipinski definition) is 4. The summed E-state index contributed by atoms with van der Waals surface area (Å²) < 4.78 is 11.0. The number of benzene rings is 1. The lowest BCUT2D eigenvalue weighted by atomic mass is 9.93. The van der Waals surface area contributed by atoms with Gasteiger partial charge in [-0.2, -0.15) is 0 Å². The Morgan fingerprint density at radius 1 is 1.12 bits per heavy atom. The van der Waals surface area contributed by atoms with Crippen LogP contribution in [0.5, 0.6) is 0 Å². The van der Waals surface area contributed by atoms with Gasteiger partial charge in [-0.1, -0.05) is 36.4 Å². The zero-order valence-corrected chi connectivity index (χ0v) is 16.0. The molecule has 0 unspecified atom stereocenters. The first-order valence-electron chi connectivity index (χ1n) is 8.68. The fourth-order valence-electron chi connectivity index (χ4n) is 2.78. The van der Waals surface area contributed by atoms with Crippen molar-refractivity contribution in [3.8, 4) is 0 Å². The third-order valence-corrected chi connectivity index (χ3v) is 3.75. The van der Waals surface area contributed by atoms with E-state index < -0.39 is 17.7 Å². The first-order valence-corrected chi connectivity index (χ1v) is 8.68. The zero-order valence-electron chi connectivity index (χ0n) is 16.0. The van der Waals surface area contributed by atoms with Crippen LogP contribution in [0.2, 0.25) is 0 Å². The van der Waals surface area contributed by atoms with Crippen molar-refractivity contribution in [2.75, 3.05) is 6.61 Å². The van der Waals surface area contributed by atoms with Crippen molar-refractivity contribution in [2.24, 2.45) is 0 Å². The van der Waals surface area contributed by atoms with Gasteiger partial charge in [-0.3, -0.25) is 0 Å². The summed E-state index contributed by atoms with van der Waals surface area (Å²) in [5.41, 5.74) is -1.06. The van der Waals surface area contributed by atoms with E-state index in [9.17, 15) is 9.59 Å². The molecule has 0 heterocycles. The van der Waals surface area contributed by atoms with Crippen molar-refractivity contribution in [1.29, 1.82) is 0 Å². The van der Waals surface area contributed by atoms with Gasteiger partial charge in [-0.05, 0) is 47.6 Å². The molecule has 0 aliphatic heterocycles. The largest absolute Gasteiger partial charge is 0.463 e. The number of rotatable bonds is 7. The number of carbonyl (C=O) groups excluding carboxylic acids is 2. The first-order chi connectivity index (χ1) is 11.8. The van der Waals surface area contributed by atoms with Crippen molar-refractivity contribution in [1.82, 2.24) is 4.90 Å². The molecule has 0 bridgehead atoms. The number of ether oxygens (including phenoxy) is 2. The van der Waals surface area contributed by atoms with Crippen molar-refractivity contribution in [3.63, 3.8) is 0 Å². The van der Waals surface area contributed by atoms with E-state index in [1.807, 2.05) is 33.8 Å². The molecular weight excluding hydrogens is 318 g/mol. The van der Waals surface area contributed by atoms with Crippen LogP contribution in [0.4, 0.5) is 4.79 Å². The maximum atomic E-state index is 12.9. The van der Waals surface area contributed by atoms with Gasteiger partial charge in [-0.15, -0.1) is 0 Å². The fraction of sp³-hybridized carbons (Fsp3) is 0.500. The highest BCUT2D eigenvalue weighted by Gasteiger charge is 2.45. The van der Waals surface area contributed by atoms with Gasteiger partial charge >= 0.3 is 12.1 Å². The molecule has 0 spiro atoms. The SMILES string of the molecule is C/C=C/[C@](OC(=O)N(C(C)C)C(C)C)(C(=O)OCC)c1ccccc1. The van der Waals surface area contributed by atoms with E-state index >= 15 is 0 Å². The number of allylic oxidation sites excluding steroid dienone is 1. The van der Waals surface area contributed by atoms with Crippen molar-refractivity contribution < 1.29 is 19.1 Å². The fourth-order valence-corrected chi connectivity index (χ4v) is 2.78. The molecule has 0 saturated heterocycles. The molecule has 1 amide bonds. The lowest BCUT2D eigenvalue weighted by molar-refractivity contribution is -0.162. The molecule has 1 aromatic carbocycles. The highest BCUT2D eigenvalue weighted by atomic mass is 16.6.